The van der Waals surface area contributed by atoms with Gasteiger partial charge in [0.1, 0.15) is 0 Å². The van der Waals surface area contributed by atoms with E-state index >= 15 is 0 Å². The number of nitrogens with zero attached hydrogens (tertiary/aromatic N) is 1. The van der Waals surface area contributed by atoms with Crippen LogP contribution in [0.3, 0.4) is 0 Å². The molecule has 19 heavy (non-hydrogen) atoms. The van der Waals surface area contributed by atoms with E-state index in [9.17, 15) is 4.79 Å². The van der Waals surface area contributed by atoms with E-state index in [0.29, 0.717) is 28.2 Å². The van der Waals surface area contributed by atoms with Crippen molar-refractivity contribution >= 4 is 29.0 Å². The quantitative estimate of drug-likeness (QED) is 0.766. The van der Waals surface area contributed by atoms with Crippen molar-refractivity contribution in [2.75, 3.05) is 13.1 Å². The van der Waals surface area contributed by atoms with Crippen molar-refractivity contribution in [3.05, 3.63) is 33.8 Å². The minimum absolute atomic E-state index is 0.0628. The van der Waals surface area contributed by atoms with Crippen molar-refractivity contribution in [2.24, 2.45) is 0 Å². The molecule has 4 heteroatoms. The molecule has 1 aromatic carbocycles. The molecule has 1 aromatic rings. The summed E-state index contributed by atoms with van der Waals surface area (Å²) in [5.74, 6) is 0.0628. The number of ketones is 1. The van der Waals surface area contributed by atoms with Crippen molar-refractivity contribution in [3.8, 4) is 0 Å². The molecule has 1 unspecified atom stereocenters. The van der Waals surface area contributed by atoms with Crippen LogP contribution in [0.2, 0.25) is 10.0 Å². The second kappa shape index (κ2) is 6.74. The lowest BCUT2D eigenvalue weighted by Crippen LogP contribution is -2.42. The highest BCUT2D eigenvalue weighted by atomic mass is 35.5. The van der Waals surface area contributed by atoms with E-state index in [-0.39, 0.29) is 5.78 Å². The molecule has 1 aliphatic heterocycles. The number of carbonyl (C=O) groups excluding carboxylic acids is 1. The Kier molecular flexibility index (Phi) is 5.26. The average molecular weight is 300 g/mol. The zero-order chi connectivity index (χ0) is 13.8. The van der Waals surface area contributed by atoms with E-state index < -0.39 is 0 Å². The monoisotopic (exact) mass is 299 g/mol. The zero-order valence-electron chi connectivity index (χ0n) is 11.2. The number of piperidine rings is 1. The fraction of sp³-hybridized carbons (Fsp3) is 0.533. The first-order chi connectivity index (χ1) is 9.11. The second-order valence-electron chi connectivity index (χ2n) is 5.08. The SMILES string of the molecule is CCC1CCCCN1CC(=O)c1cc(Cl)ccc1Cl. The molecule has 1 atom stereocenters. The highest BCUT2D eigenvalue weighted by Gasteiger charge is 2.24. The summed E-state index contributed by atoms with van der Waals surface area (Å²) < 4.78 is 0. The summed E-state index contributed by atoms with van der Waals surface area (Å²) in [6.07, 6.45) is 4.72. The van der Waals surface area contributed by atoms with Gasteiger partial charge in [-0.2, -0.15) is 0 Å². The van der Waals surface area contributed by atoms with Crippen LogP contribution in [-0.4, -0.2) is 29.8 Å². The third kappa shape index (κ3) is 3.71. The Labute approximate surface area is 124 Å². The largest absolute Gasteiger partial charge is 0.293 e. The van der Waals surface area contributed by atoms with Crippen LogP contribution in [0.15, 0.2) is 18.2 Å². The molecule has 0 radical (unpaired) electrons. The summed E-state index contributed by atoms with van der Waals surface area (Å²) in [6, 6.07) is 5.58. The number of Topliss-reactive ketones (excluding diaryl/α,β-unsaturated/α-hetero) is 1. The van der Waals surface area contributed by atoms with Gasteiger partial charge < -0.3 is 0 Å². The van der Waals surface area contributed by atoms with E-state index in [0.717, 1.165) is 13.0 Å². The topological polar surface area (TPSA) is 20.3 Å². The summed E-state index contributed by atoms with van der Waals surface area (Å²) in [7, 11) is 0. The molecule has 2 rings (SSSR count). The van der Waals surface area contributed by atoms with Gasteiger partial charge in [-0.05, 0) is 44.0 Å². The first-order valence-electron chi connectivity index (χ1n) is 6.84. The van der Waals surface area contributed by atoms with Gasteiger partial charge in [-0.1, -0.05) is 36.5 Å². The number of rotatable bonds is 4. The van der Waals surface area contributed by atoms with Crippen LogP contribution in [0.5, 0.6) is 0 Å². The predicted octanol–water partition coefficient (Wildman–Crippen LogP) is 4.44. The van der Waals surface area contributed by atoms with E-state index in [1.807, 2.05) is 0 Å². The molecule has 0 aliphatic carbocycles. The summed E-state index contributed by atoms with van der Waals surface area (Å²) >= 11 is 12.0. The average Bonchev–Trinajstić information content (AvgIpc) is 2.42. The third-order valence-corrected chi connectivity index (χ3v) is 4.36. The van der Waals surface area contributed by atoms with Gasteiger partial charge >= 0.3 is 0 Å². The second-order valence-corrected chi connectivity index (χ2v) is 5.92. The van der Waals surface area contributed by atoms with E-state index in [1.54, 1.807) is 18.2 Å². The van der Waals surface area contributed by atoms with Gasteiger partial charge in [0.2, 0.25) is 0 Å². The number of benzene rings is 1. The van der Waals surface area contributed by atoms with Gasteiger partial charge in [0.05, 0.1) is 11.6 Å². The molecule has 1 aliphatic rings. The third-order valence-electron chi connectivity index (χ3n) is 3.80. The number of likely N-dealkylation sites (tertiary alicyclic amines) is 1. The molecular weight excluding hydrogens is 281 g/mol. The molecular formula is C15H19Cl2NO. The summed E-state index contributed by atoms with van der Waals surface area (Å²) in [4.78, 5) is 14.6. The minimum Gasteiger partial charge on any atom is -0.293 e. The molecule has 0 spiro atoms. The first-order valence-corrected chi connectivity index (χ1v) is 7.59. The van der Waals surface area contributed by atoms with Crippen molar-refractivity contribution in [2.45, 2.75) is 38.6 Å². The van der Waals surface area contributed by atoms with Crippen LogP contribution in [0.1, 0.15) is 43.0 Å². The Morgan fingerprint density at radius 3 is 2.89 bits per heavy atom. The number of hydrogen-bond acceptors (Lipinski definition) is 2. The molecule has 104 valence electrons. The normalized spacial score (nSPS) is 20.5. The number of hydrogen-bond donors (Lipinski definition) is 0. The van der Waals surface area contributed by atoms with Crippen molar-refractivity contribution < 1.29 is 4.79 Å². The summed E-state index contributed by atoms with van der Waals surface area (Å²) in [5, 5.41) is 1.04. The molecule has 0 amide bonds. The number of halogens is 2. The molecule has 2 nitrogen and oxygen atoms in total. The highest BCUT2D eigenvalue weighted by molar-refractivity contribution is 6.36. The maximum absolute atomic E-state index is 12.4. The Morgan fingerprint density at radius 2 is 2.16 bits per heavy atom. The Balaban J connectivity index is 2.09. The highest BCUT2D eigenvalue weighted by Crippen LogP contribution is 2.24. The Morgan fingerprint density at radius 1 is 1.37 bits per heavy atom. The molecule has 0 saturated carbocycles. The van der Waals surface area contributed by atoms with Gasteiger partial charge in [0, 0.05) is 16.6 Å². The van der Waals surface area contributed by atoms with Crippen LogP contribution in [0, 0.1) is 0 Å². The lowest BCUT2D eigenvalue weighted by Gasteiger charge is -2.34. The first kappa shape index (κ1) is 14.8. The zero-order valence-corrected chi connectivity index (χ0v) is 12.7. The molecule has 1 saturated heterocycles. The van der Waals surface area contributed by atoms with E-state index in [1.165, 1.54) is 19.3 Å². The van der Waals surface area contributed by atoms with Crippen molar-refractivity contribution in [1.82, 2.24) is 4.90 Å². The van der Waals surface area contributed by atoms with Gasteiger partial charge in [-0.15, -0.1) is 0 Å². The summed E-state index contributed by atoms with van der Waals surface area (Å²) in [6.45, 7) is 3.63. The van der Waals surface area contributed by atoms with Crippen LogP contribution >= 0.6 is 23.2 Å². The van der Waals surface area contributed by atoms with E-state index in [4.69, 9.17) is 23.2 Å². The molecule has 0 bridgehead atoms. The fourth-order valence-electron chi connectivity index (χ4n) is 2.71. The standard InChI is InChI=1S/C15H19Cl2NO/c1-2-12-5-3-4-8-18(12)10-15(19)13-9-11(16)6-7-14(13)17/h6-7,9,12H,2-5,8,10H2,1H3. The maximum Gasteiger partial charge on any atom is 0.178 e. The lowest BCUT2D eigenvalue weighted by molar-refractivity contribution is 0.0838. The van der Waals surface area contributed by atoms with Crippen LogP contribution in [0.25, 0.3) is 0 Å². The molecule has 1 heterocycles. The Bertz CT molecular complexity index is 461. The smallest absolute Gasteiger partial charge is 0.178 e. The van der Waals surface area contributed by atoms with Crippen LogP contribution in [-0.2, 0) is 0 Å². The van der Waals surface area contributed by atoms with E-state index in [2.05, 4.69) is 11.8 Å². The molecule has 0 N–H and O–H groups in total. The summed E-state index contributed by atoms with van der Waals surface area (Å²) in [5.41, 5.74) is 0.537. The van der Waals surface area contributed by atoms with Gasteiger partial charge in [0.15, 0.2) is 5.78 Å². The molecule has 1 fully saturated rings. The fourth-order valence-corrected chi connectivity index (χ4v) is 3.11. The Hall–Kier alpha value is -0.570. The van der Waals surface area contributed by atoms with Crippen molar-refractivity contribution in [3.63, 3.8) is 0 Å². The van der Waals surface area contributed by atoms with Crippen LogP contribution < -0.4 is 0 Å². The minimum atomic E-state index is 0.0628. The predicted molar refractivity (Wildman–Crippen MR) is 80.3 cm³/mol. The van der Waals surface area contributed by atoms with Gasteiger partial charge in [0.25, 0.3) is 0 Å². The molecule has 0 aromatic heterocycles. The van der Waals surface area contributed by atoms with Gasteiger partial charge in [-0.3, -0.25) is 9.69 Å². The van der Waals surface area contributed by atoms with Crippen molar-refractivity contribution in [1.29, 1.82) is 0 Å². The van der Waals surface area contributed by atoms with Gasteiger partial charge in [-0.25, -0.2) is 0 Å². The maximum atomic E-state index is 12.4. The lowest BCUT2D eigenvalue weighted by atomic mass is 9.99. The van der Waals surface area contributed by atoms with Crippen LogP contribution in [0.4, 0.5) is 0 Å². The number of carbonyl (C=O) groups is 1.